The van der Waals surface area contributed by atoms with Crippen LogP contribution in [0.15, 0.2) is 6.20 Å². The molecular formula is C16H25N3O4. The van der Waals surface area contributed by atoms with Gasteiger partial charge in [0.25, 0.3) is 0 Å². The van der Waals surface area contributed by atoms with Crippen molar-refractivity contribution in [1.82, 2.24) is 15.1 Å². The van der Waals surface area contributed by atoms with Crippen molar-refractivity contribution in [1.29, 1.82) is 0 Å². The van der Waals surface area contributed by atoms with Gasteiger partial charge >= 0.3 is 0 Å². The van der Waals surface area contributed by atoms with Gasteiger partial charge in [0.2, 0.25) is 5.91 Å². The van der Waals surface area contributed by atoms with Gasteiger partial charge in [-0.2, -0.15) is 5.10 Å². The molecule has 0 aliphatic carbocycles. The molecule has 128 valence electrons. The van der Waals surface area contributed by atoms with Gasteiger partial charge in [0.05, 0.1) is 12.3 Å². The van der Waals surface area contributed by atoms with Gasteiger partial charge in [0, 0.05) is 39.6 Å². The lowest BCUT2D eigenvalue weighted by Gasteiger charge is -2.22. The van der Waals surface area contributed by atoms with Crippen LogP contribution < -0.4 is 5.32 Å². The molecule has 3 rings (SSSR count). The number of hydrogen-bond acceptors (Lipinski definition) is 5. The molecule has 7 nitrogen and oxygen atoms in total. The molecular weight excluding hydrogens is 298 g/mol. The molecule has 23 heavy (non-hydrogen) atoms. The van der Waals surface area contributed by atoms with E-state index in [9.17, 15) is 4.79 Å². The second-order valence-corrected chi connectivity index (χ2v) is 6.16. The predicted octanol–water partition coefficient (Wildman–Crippen LogP) is 0.686. The predicted molar refractivity (Wildman–Crippen MR) is 83.1 cm³/mol. The third kappa shape index (κ3) is 4.31. The van der Waals surface area contributed by atoms with Crippen LogP contribution in [0.25, 0.3) is 0 Å². The smallest absolute Gasteiger partial charge is 0.246 e. The molecule has 0 unspecified atom stereocenters. The van der Waals surface area contributed by atoms with Crippen molar-refractivity contribution in [2.45, 2.75) is 31.9 Å². The van der Waals surface area contributed by atoms with Crippen molar-refractivity contribution < 1.29 is 19.0 Å². The van der Waals surface area contributed by atoms with Crippen molar-refractivity contribution in [3.63, 3.8) is 0 Å². The van der Waals surface area contributed by atoms with Crippen LogP contribution in [0.1, 0.15) is 30.2 Å². The summed E-state index contributed by atoms with van der Waals surface area (Å²) in [5.74, 6) is 0.496. The van der Waals surface area contributed by atoms with Crippen molar-refractivity contribution in [2.24, 2.45) is 5.92 Å². The minimum atomic E-state index is -0.171. The van der Waals surface area contributed by atoms with Gasteiger partial charge in [-0.05, 0) is 30.7 Å². The summed E-state index contributed by atoms with van der Waals surface area (Å²) < 4.78 is 18.1. The number of nitrogens with zero attached hydrogens (tertiary/aromatic N) is 2. The van der Waals surface area contributed by atoms with E-state index in [-0.39, 0.29) is 18.6 Å². The quantitative estimate of drug-likeness (QED) is 0.833. The third-order valence-electron chi connectivity index (χ3n) is 4.41. The Morgan fingerprint density at radius 2 is 2.26 bits per heavy atom. The molecule has 0 aromatic carbocycles. The zero-order valence-corrected chi connectivity index (χ0v) is 13.6. The molecule has 1 amide bonds. The summed E-state index contributed by atoms with van der Waals surface area (Å²) >= 11 is 0. The molecule has 1 aromatic rings. The number of hydrogen-bond donors (Lipinski definition) is 1. The minimum Gasteiger partial charge on any atom is -0.381 e. The first-order valence-corrected chi connectivity index (χ1v) is 8.27. The maximum atomic E-state index is 11.5. The van der Waals surface area contributed by atoms with Crippen LogP contribution in [0.2, 0.25) is 0 Å². The van der Waals surface area contributed by atoms with Crippen LogP contribution in [0.4, 0.5) is 0 Å². The van der Waals surface area contributed by atoms with Gasteiger partial charge in [-0.3, -0.25) is 9.48 Å². The van der Waals surface area contributed by atoms with E-state index < -0.39 is 0 Å². The Labute approximate surface area is 136 Å². The second-order valence-electron chi connectivity index (χ2n) is 6.16. The second kappa shape index (κ2) is 7.90. The number of methoxy groups -OCH3 is 1. The number of nitrogens with one attached hydrogen (secondary N) is 1. The number of aromatic nitrogens is 2. The highest BCUT2D eigenvalue weighted by Crippen LogP contribution is 2.26. The van der Waals surface area contributed by atoms with Crippen LogP contribution in [0, 0.1) is 5.92 Å². The number of carbonyl (C=O) groups excluding carboxylic acids is 1. The van der Waals surface area contributed by atoms with Crippen molar-refractivity contribution in [3.05, 3.63) is 17.5 Å². The van der Waals surface area contributed by atoms with Crippen LogP contribution in [-0.4, -0.2) is 55.8 Å². The van der Waals surface area contributed by atoms with Gasteiger partial charge in [-0.25, -0.2) is 0 Å². The maximum absolute atomic E-state index is 11.5. The molecule has 1 N–H and O–H groups in total. The molecule has 1 aromatic heterocycles. The van der Waals surface area contributed by atoms with E-state index in [0.717, 1.165) is 44.7 Å². The molecule has 0 saturated carbocycles. The van der Waals surface area contributed by atoms with Crippen molar-refractivity contribution in [2.75, 3.05) is 40.1 Å². The van der Waals surface area contributed by atoms with Crippen LogP contribution in [-0.2, 0) is 32.0 Å². The first-order chi connectivity index (χ1) is 11.3. The standard InChI is InChI=1S/C16H25N3O4/c1-21-11-15(20)17-8-14-16-13(4-7-23-14)10-19(18-16)9-12-2-5-22-6-3-12/h10,12,14H,2-9,11H2,1H3,(H,17,20)/t14-/m1/s1. The lowest BCUT2D eigenvalue weighted by Crippen LogP contribution is -2.33. The molecule has 2 aliphatic heterocycles. The highest BCUT2D eigenvalue weighted by molar-refractivity contribution is 5.77. The molecule has 1 atom stereocenters. The molecule has 7 heteroatoms. The Bertz CT molecular complexity index is 525. The Hall–Kier alpha value is -1.44. The lowest BCUT2D eigenvalue weighted by atomic mass is 10.0. The van der Waals surface area contributed by atoms with Gasteiger partial charge in [0.15, 0.2) is 0 Å². The van der Waals surface area contributed by atoms with Gasteiger partial charge in [0.1, 0.15) is 12.7 Å². The summed E-state index contributed by atoms with van der Waals surface area (Å²) in [5, 5.41) is 7.55. The SMILES string of the molecule is COCC(=O)NC[C@H]1OCCc2cn(CC3CCOCC3)nc21. The maximum Gasteiger partial charge on any atom is 0.246 e. The van der Waals surface area contributed by atoms with Gasteiger partial charge in [-0.15, -0.1) is 0 Å². The number of fused-ring (bicyclic) bond motifs is 1. The molecule has 0 radical (unpaired) electrons. The monoisotopic (exact) mass is 323 g/mol. The van der Waals surface area contributed by atoms with E-state index in [1.807, 2.05) is 4.68 Å². The van der Waals surface area contributed by atoms with E-state index in [1.165, 1.54) is 12.7 Å². The summed E-state index contributed by atoms with van der Waals surface area (Å²) in [6.45, 7) is 3.80. The number of amides is 1. The van der Waals surface area contributed by atoms with Gasteiger partial charge < -0.3 is 19.5 Å². The van der Waals surface area contributed by atoms with Crippen LogP contribution in [0.5, 0.6) is 0 Å². The Morgan fingerprint density at radius 3 is 3.04 bits per heavy atom. The first-order valence-electron chi connectivity index (χ1n) is 8.27. The van der Waals surface area contributed by atoms with Crippen LogP contribution >= 0.6 is 0 Å². The Balaban J connectivity index is 1.60. The molecule has 1 saturated heterocycles. The Kier molecular flexibility index (Phi) is 5.64. The van der Waals surface area contributed by atoms with E-state index in [2.05, 4.69) is 11.5 Å². The van der Waals surface area contributed by atoms with E-state index in [1.54, 1.807) is 0 Å². The molecule has 2 aliphatic rings. The van der Waals surface area contributed by atoms with Crippen molar-refractivity contribution >= 4 is 5.91 Å². The number of rotatable bonds is 6. The van der Waals surface area contributed by atoms with Gasteiger partial charge in [-0.1, -0.05) is 0 Å². The zero-order chi connectivity index (χ0) is 16.1. The fraction of sp³-hybridized carbons (Fsp3) is 0.750. The number of ether oxygens (including phenoxy) is 3. The number of carbonyl (C=O) groups is 1. The van der Waals surface area contributed by atoms with E-state index >= 15 is 0 Å². The average molecular weight is 323 g/mol. The highest BCUT2D eigenvalue weighted by atomic mass is 16.5. The minimum absolute atomic E-state index is 0.0672. The summed E-state index contributed by atoms with van der Waals surface area (Å²) in [7, 11) is 1.51. The largest absolute Gasteiger partial charge is 0.381 e. The summed E-state index contributed by atoms with van der Waals surface area (Å²) in [6, 6.07) is 0. The molecule has 0 bridgehead atoms. The Morgan fingerprint density at radius 1 is 1.43 bits per heavy atom. The topological polar surface area (TPSA) is 74.6 Å². The van der Waals surface area contributed by atoms with E-state index in [4.69, 9.17) is 19.3 Å². The fourth-order valence-corrected chi connectivity index (χ4v) is 3.16. The summed E-state index contributed by atoms with van der Waals surface area (Å²) in [4.78, 5) is 11.5. The van der Waals surface area contributed by atoms with Crippen LogP contribution in [0.3, 0.4) is 0 Å². The summed E-state index contributed by atoms with van der Waals surface area (Å²) in [5.41, 5.74) is 2.19. The zero-order valence-electron chi connectivity index (χ0n) is 13.6. The van der Waals surface area contributed by atoms with Crippen molar-refractivity contribution in [3.8, 4) is 0 Å². The normalized spacial score (nSPS) is 21.9. The average Bonchev–Trinajstić information content (AvgIpc) is 2.97. The fourth-order valence-electron chi connectivity index (χ4n) is 3.16. The highest BCUT2D eigenvalue weighted by Gasteiger charge is 2.26. The third-order valence-corrected chi connectivity index (χ3v) is 4.41. The molecule has 0 spiro atoms. The van der Waals surface area contributed by atoms with E-state index in [0.29, 0.717) is 19.1 Å². The lowest BCUT2D eigenvalue weighted by molar-refractivity contribution is -0.125. The molecule has 1 fully saturated rings. The first kappa shape index (κ1) is 16.4. The molecule has 3 heterocycles. The summed E-state index contributed by atoms with van der Waals surface area (Å²) in [6.07, 6.45) is 5.04.